The summed E-state index contributed by atoms with van der Waals surface area (Å²) in [4.78, 5) is 0. The Bertz CT molecular complexity index is 405. The Morgan fingerprint density at radius 1 is 1.25 bits per heavy atom. The topological polar surface area (TPSA) is 21.3 Å². The van der Waals surface area contributed by atoms with Gasteiger partial charge < -0.3 is 10.1 Å². The van der Waals surface area contributed by atoms with Gasteiger partial charge >= 0.3 is 0 Å². The largest absolute Gasteiger partial charge is 0.380 e. The first-order chi connectivity index (χ1) is 9.67. The van der Waals surface area contributed by atoms with Crippen LogP contribution in [0.3, 0.4) is 0 Å². The molecular formula is C18H29NO. The number of ether oxygens (including phenoxy) is 1. The van der Waals surface area contributed by atoms with Crippen LogP contribution in [0.15, 0.2) is 18.2 Å². The lowest BCUT2D eigenvalue weighted by molar-refractivity contribution is 0.0510. The molecule has 1 aromatic rings. The summed E-state index contributed by atoms with van der Waals surface area (Å²) in [5, 5.41) is 3.72. The minimum Gasteiger partial charge on any atom is -0.380 e. The number of rotatable bonds is 8. The average molecular weight is 275 g/mol. The number of methoxy groups -OCH3 is 1. The molecule has 2 nitrogen and oxygen atoms in total. The summed E-state index contributed by atoms with van der Waals surface area (Å²) in [6.45, 7) is 7.74. The number of hydrogen-bond donors (Lipinski definition) is 1. The van der Waals surface area contributed by atoms with E-state index >= 15 is 0 Å². The number of aryl methyl sites for hydroxylation is 2. The van der Waals surface area contributed by atoms with Crippen LogP contribution in [0.1, 0.15) is 42.9 Å². The smallest absolute Gasteiger partial charge is 0.0755 e. The van der Waals surface area contributed by atoms with E-state index < -0.39 is 0 Å². The van der Waals surface area contributed by atoms with Gasteiger partial charge in [-0.05, 0) is 68.7 Å². The molecule has 2 atom stereocenters. The maximum atomic E-state index is 5.82. The fourth-order valence-corrected chi connectivity index (χ4v) is 3.14. The quantitative estimate of drug-likeness (QED) is 0.782. The molecule has 112 valence electrons. The minimum absolute atomic E-state index is 0.362. The SMILES string of the molecule is CCCNC(Cc1c(C)cccc1C)C(OC)C1CC1. The fourth-order valence-electron chi connectivity index (χ4n) is 3.14. The lowest BCUT2D eigenvalue weighted by Crippen LogP contribution is -2.44. The van der Waals surface area contributed by atoms with Gasteiger partial charge in [-0.1, -0.05) is 25.1 Å². The van der Waals surface area contributed by atoms with Crippen LogP contribution in [-0.4, -0.2) is 25.8 Å². The summed E-state index contributed by atoms with van der Waals surface area (Å²) in [7, 11) is 1.87. The highest BCUT2D eigenvalue weighted by molar-refractivity contribution is 5.34. The van der Waals surface area contributed by atoms with Crippen molar-refractivity contribution in [2.24, 2.45) is 5.92 Å². The van der Waals surface area contributed by atoms with Crippen molar-refractivity contribution < 1.29 is 4.74 Å². The van der Waals surface area contributed by atoms with Gasteiger partial charge in [-0.3, -0.25) is 0 Å². The van der Waals surface area contributed by atoms with Gasteiger partial charge in [0.25, 0.3) is 0 Å². The maximum absolute atomic E-state index is 5.82. The predicted molar refractivity (Wildman–Crippen MR) is 85.2 cm³/mol. The Balaban J connectivity index is 2.13. The molecule has 1 N–H and O–H groups in total. The van der Waals surface area contributed by atoms with E-state index in [4.69, 9.17) is 4.74 Å². The monoisotopic (exact) mass is 275 g/mol. The van der Waals surface area contributed by atoms with Gasteiger partial charge in [0.05, 0.1) is 6.10 Å². The first-order valence-electron chi connectivity index (χ1n) is 7.98. The predicted octanol–water partition coefficient (Wildman–Crippen LogP) is 3.64. The number of benzene rings is 1. The van der Waals surface area contributed by atoms with Gasteiger partial charge in [-0.25, -0.2) is 0 Å². The molecule has 1 fully saturated rings. The maximum Gasteiger partial charge on any atom is 0.0755 e. The van der Waals surface area contributed by atoms with Crippen LogP contribution >= 0.6 is 0 Å². The Labute approximate surface area is 123 Å². The van der Waals surface area contributed by atoms with Gasteiger partial charge in [0.15, 0.2) is 0 Å². The average Bonchev–Trinajstić information content (AvgIpc) is 3.25. The Morgan fingerprint density at radius 2 is 1.90 bits per heavy atom. The summed E-state index contributed by atoms with van der Waals surface area (Å²) in [5.74, 6) is 0.763. The molecule has 1 aromatic carbocycles. The summed E-state index contributed by atoms with van der Waals surface area (Å²) in [6, 6.07) is 7.03. The van der Waals surface area contributed by atoms with E-state index in [1.54, 1.807) is 0 Å². The first kappa shape index (κ1) is 15.5. The van der Waals surface area contributed by atoms with E-state index in [2.05, 4.69) is 44.3 Å². The molecule has 1 aliphatic rings. The van der Waals surface area contributed by atoms with Crippen LogP contribution in [0.4, 0.5) is 0 Å². The van der Waals surface area contributed by atoms with E-state index in [-0.39, 0.29) is 0 Å². The number of nitrogens with one attached hydrogen (secondary N) is 1. The zero-order valence-corrected chi connectivity index (χ0v) is 13.4. The third-order valence-corrected chi connectivity index (χ3v) is 4.48. The van der Waals surface area contributed by atoms with Crippen LogP contribution < -0.4 is 5.32 Å². The van der Waals surface area contributed by atoms with Crippen molar-refractivity contribution in [1.82, 2.24) is 5.32 Å². The Morgan fingerprint density at radius 3 is 2.40 bits per heavy atom. The van der Waals surface area contributed by atoms with Crippen molar-refractivity contribution in [3.63, 3.8) is 0 Å². The molecule has 20 heavy (non-hydrogen) atoms. The van der Waals surface area contributed by atoms with Crippen LogP contribution in [0.2, 0.25) is 0 Å². The molecule has 0 aliphatic heterocycles. The molecule has 1 saturated carbocycles. The summed E-state index contributed by atoms with van der Waals surface area (Å²) >= 11 is 0. The van der Waals surface area contributed by atoms with E-state index in [0.29, 0.717) is 12.1 Å². The van der Waals surface area contributed by atoms with E-state index in [0.717, 1.165) is 18.9 Å². The third-order valence-electron chi connectivity index (χ3n) is 4.48. The molecular weight excluding hydrogens is 246 g/mol. The highest BCUT2D eigenvalue weighted by Crippen LogP contribution is 2.36. The molecule has 2 heteroatoms. The number of hydrogen-bond acceptors (Lipinski definition) is 2. The molecule has 0 spiro atoms. The van der Waals surface area contributed by atoms with Gasteiger partial charge in [0.1, 0.15) is 0 Å². The van der Waals surface area contributed by atoms with Crippen LogP contribution in [0, 0.1) is 19.8 Å². The first-order valence-corrected chi connectivity index (χ1v) is 7.98. The van der Waals surface area contributed by atoms with E-state index in [1.807, 2.05) is 7.11 Å². The highest BCUT2D eigenvalue weighted by Gasteiger charge is 2.36. The Hall–Kier alpha value is -0.860. The zero-order chi connectivity index (χ0) is 14.5. The van der Waals surface area contributed by atoms with E-state index in [9.17, 15) is 0 Å². The second-order valence-electron chi connectivity index (χ2n) is 6.17. The van der Waals surface area contributed by atoms with Gasteiger partial charge in [-0.2, -0.15) is 0 Å². The van der Waals surface area contributed by atoms with Crippen molar-refractivity contribution in [3.05, 3.63) is 34.9 Å². The Kier molecular flexibility index (Phi) is 5.62. The van der Waals surface area contributed by atoms with Crippen molar-refractivity contribution in [1.29, 1.82) is 0 Å². The van der Waals surface area contributed by atoms with Gasteiger partial charge in [0, 0.05) is 13.2 Å². The molecule has 1 aliphatic carbocycles. The highest BCUT2D eigenvalue weighted by atomic mass is 16.5. The molecule has 2 unspecified atom stereocenters. The molecule has 0 aromatic heterocycles. The van der Waals surface area contributed by atoms with Crippen LogP contribution in [-0.2, 0) is 11.2 Å². The normalized spacial score (nSPS) is 18.0. The van der Waals surface area contributed by atoms with Crippen molar-refractivity contribution in [3.8, 4) is 0 Å². The van der Waals surface area contributed by atoms with E-state index in [1.165, 1.54) is 36.0 Å². The standard InChI is InChI=1S/C18H29NO/c1-5-11-19-17(18(20-4)15-9-10-15)12-16-13(2)7-6-8-14(16)3/h6-8,15,17-19H,5,9-12H2,1-4H3. The summed E-state index contributed by atoms with van der Waals surface area (Å²) in [6.07, 6.45) is 5.27. The lowest BCUT2D eigenvalue weighted by Gasteiger charge is -2.28. The summed E-state index contributed by atoms with van der Waals surface area (Å²) in [5.41, 5.74) is 4.29. The van der Waals surface area contributed by atoms with Crippen LogP contribution in [0.25, 0.3) is 0 Å². The fraction of sp³-hybridized carbons (Fsp3) is 0.667. The molecule has 2 rings (SSSR count). The van der Waals surface area contributed by atoms with Gasteiger partial charge in [-0.15, -0.1) is 0 Å². The second-order valence-corrected chi connectivity index (χ2v) is 6.17. The molecule has 0 heterocycles. The second kappa shape index (κ2) is 7.24. The third kappa shape index (κ3) is 3.83. The zero-order valence-electron chi connectivity index (χ0n) is 13.4. The van der Waals surface area contributed by atoms with Crippen molar-refractivity contribution in [2.45, 2.75) is 58.6 Å². The summed E-state index contributed by atoms with van der Waals surface area (Å²) < 4.78 is 5.82. The molecule has 0 bridgehead atoms. The van der Waals surface area contributed by atoms with Crippen molar-refractivity contribution in [2.75, 3.05) is 13.7 Å². The van der Waals surface area contributed by atoms with Crippen LogP contribution in [0.5, 0.6) is 0 Å². The lowest BCUT2D eigenvalue weighted by atomic mass is 9.92. The minimum atomic E-state index is 0.362. The van der Waals surface area contributed by atoms with Crippen molar-refractivity contribution >= 4 is 0 Å². The molecule has 0 saturated heterocycles. The molecule has 0 amide bonds. The van der Waals surface area contributed by atoms with Gasteiger partial charge in [0.2, 0.25) is 0 Å². The molecule has 0 radical (unpaired) electrons.